The summed E-state index contributed by atoms with van der Waals surface area (Å²) in [6.07, 6.45) is 1.66. The SMILES string of the molecule is CC1CN(C(=O)c2cn(CCN)nn2)CC(C)(C)O1. The fraction of sp³-hybridized carbons (Fsp3) is 0.750. The highest BCUT2D eigenvalue weighted by atomic mass is 16.5. The van der Waals surface area contributed by atoms with E-state index in [-0.39, 0.29) is 17.6 Å². The molecule has 0 aromatic carbocycles. The molecule has 1 aliphatic heterocycles. The van der Waals surface area contributed by atoms with Crippen LogP contribution in [0.25, 0.3) is 0 Å². The lowest BCUT2D eigenvalue weighted by Gasteiger charge is -2.41. The molecule has 1 saturated heterocycles. The van der Waals surface area contributed by atoms with Crippen LogP contribution in [0.3, 0.4) is 0 Å². The minimum atomic E-state index is -0.333. The van der Waals surface area contributed by atoms with E-state index >= 15 is 0 Å². The van der Waals surface area contributed by atoms with Crippen molar-refractivity contribution in [3.05, 3.63) is 11.9 Å². The summed E-state index contributed by atoms with van der Waals surface area (Å²) in [5.41, 5.74) is 5.47. The number of rotatable bonds is 3. The Morgan fingerprint density at radius 2 is 2.37 bits per heavy atom. The maximum Gasteiger partial charge on any atom is 0.276 e. The molecule has 1 unspecified atom stereocenters. The molecule has 1 aromatic rings. The number of hydrogen-bond donors (Lipinski definition) is 1. The van der Waals surface area contributed by atoms with E-state index in [0.717, 1.165) is 0 Å². The number of morpholine rings is 1. The zero-order chi connectivity index (χ0) is 14.0. The van der Waals surface area contributed by atoms with Crippen LogP contribution in [-0.4, -0.2) is 57.1 Å². The van der Waals surface area contributed by atoms with Crippen LogP contribution in [0.1, 0.15) is 31.3 Å². The molecule has 2 N–H and O–H groups in total. The first-order valence-corrected chi connectivity index (χ1v) is 6.48. The zero-order valence-electron chi connectivity index (χ0n) is 11.7. The summed E-state index contributed by atoms with van der Waals surface area (Å²) < 4.78 is 7.37. The molecule has 0 aliphatic carbocycles. The molecule has 0 spiro atoms. The van der Waals surface area contributed by atoms with Gasteiger partial charge in [-0.25, -0.2) is 0 Å². The number of nitrogens with two attached hydrogens (primary N) is 1. The maximum atomic E-state index is 12.4. The van der Waals surface area contributed by atoms with E-state index in [1.54, 1.807) is 15.8 Å². The summed E-state index contributed by atoms with van der Waals surface area (Å²) >= 11 is 0. The minimum absolute atomic E-state index is 0.0202. The Labute approximate surface area is 112 Å². The number of aromatic nitrogens is 3. The smallest absolute Gasteiger partial charge is 0.276 e. The highest BCUT2D eigenvalue weighted by Crippen LogP contribution is 2.21. The average molecular weight is 267 g/mol. The molecule has 0 radical (unpaired) electrons. The third kappa shape index (κ3) is 3.30. The Balaban J connectivity index is 2.09. The summed E-state index contributed by atoms with van der Waals surface area (Å²) in [5.74, 6) is -0.105. The fourth-order valence-electron chi connectivity index (χ4n) is 2.41. The van der Waals surface area contributed by atoms with Crippen molar-refractivity contribution in [1.82, 2.24) is 19.9 Å². The van der Waals surface area contributed by atoms with Crippen molar-refractivity contribution in [2.75, 3.05) is 19.6 Å². The molecule has 1 aliphatic rings. The second-order valence-electron chi connectivity index (χ2n) is 5.53. The summed E-state index contributed by atoms with van der Waals surface area (Å²) in [4.78, 5) is 14.1. The lowest BCUT2D eigenvalue weighted by Crippen LogP contribution is -2.53. The van der Waals surface area contributed by atoms with Crippen LogP contribution in [0.4, 0.5) is 0 Å². The molecule has 1 amide bonds. The summed E-state index contributed by atoms with van der Waals surface area (Å²) in [7, 11) is 0. The summed E-state index contributed by atoms with van der Waals surface area (Å²) in [6, 6.07) is 0. The molecule has 0 saturated carbocycles. The molecule has 2 rings (SSSR count). The second-order valence-corrected chi connectivity index (χ2v) is 5.53. The predicted octanol–water partition coefficient (Wildman–Crippen LogP) is -0.124. The average Bonchev–Trinajstić information content (AvgIpc) is 2.74. The number of ether oxygens (including phenoxy) is 1. The minimum Gasteiger partial charge on any atom is -0.369 e. The zero-order valence-corrected chi connectivity index (χ0v) is 11.7. The molecule has 7 heteroatoms. The topological polar surface area (TPSA) is 86.3 Å². The molecule has 1 fully saturated rings. The van der Waals surface area contributed by atoms with Gasteiger partial charge in [0.1, 0.15) is 0 Å². The molecule has 106 valence electrons. The normalized spacial score (nSPS) is 22.5. The highest BCUT2D eigenvalue weighted by molar-refractivity contribution is 5.92. The van der Waals surface area contributed by atoms with Crippen LogP contribution in [-0.2, 0) is 11.3 Å². The Hall–Kier alpha value is -1.47. The van der Waals surface area contributed by atoms with Crippen LogP contribution < -0.4 is 5.73 Å². The van der Waals surface area contributed by atoms with Crippen molar-refractivity contribution in [3.8, 4) is 0 Å². The standard InChI is InChI=1S/C12H21N5O2/c1-9-6-16(8-12(2,3)19-9)11(18)10-7-17(5-4-13)15-14-10/h7,9H,4-6,8,13H2,1-3H3. The van der Waals surface area contributed by atoms with Gasteiger partial charge in [-0.05, 0) is 20.8 Å². The van der Waals surface area contributed by atoms with E-state index in [4.69, 9.17) is 10.5 Å². The summed E-state index contributed by atoms with van der Waals surface area (Å²) in [6.45, 7) is 8.09. The van der Waals surface area contributed by atoms with Gasteiger partial charge in [0, 0.05) is 19.6 Å². The predicted molar refractivity (Wildman–Crippen MR) is 69.6 cm³/mol. The molecular formula is C12H21N5O2. The summed E-state index contributed by atoms with van der Waals surface area (Å²) in [5, 5.41) is 7.79. The molecule has 1 aromatic heterocycles. The first-order chi connectivity index (χ1) is 8.91. The molecule has 7 nitrogen and oxygen atoms in total. The Morgan fingerprint density at radius 3 is 3.00 bits per heavy atom. The molecule has 2 heterocycles. The second kappa shape index (κ2) is 5.26. The van der Waals surface area contributed by atoms with Crippen molar-refractivity contribution in [3.63, 3.8) is 0 Å². The van der Waals surface area contributed by atoms with E-state index in [1.807, 2.05) is 20.8 Å². The van der Waals surface area contributed by atoms with Crippen LogP contribution in [0, 0.1) is 0 Å². The third-order valence-electron chi connectivity index (χ3n) is 2.97. The quantitative estimate of drug-likeness (QED) is 0.825. The Morgan fingerprint density at radius 1 is 1.63 bits per heavy atom. The molecule has 19 heavy (non-hydrogen) atoms. The van der Waals surface area contributed by atoms with Crippen molar-refractivity contribution in [2.24, 2.45) is 5.73 Å². The van der Waals surface area contributed by atoms with E-state index in [2.05, 4.69) is 10.3 Å². The maximum absolute atomic E-state index is 12.4. The number of hydrogen-bond acceptors (Lipinski definition) is 5. The monoisotopic (exact) mass is 267 g/mol. The van der Waals surface area contributed by atoms with Gasteiger partial charge in [-0.2, -0.15) is 0 Å². The third-order valence-corrected chi connectivity index (χ3v) is 2.97. The lowest BCUT2D eigenvalue weighted by molar-refractivity contribution is -0.118. The van der Waals surface area contributed by atoms with E-state index in [0.29, 0.717) is 31.9 Å². The van der Waals surface area contributed by atoms with Crippen molar-refractivity contribution < 1.29 is 9.53 Å². The van der Waals surface area contributed by atoms with Crippen LogP contribution in [0.5, 0.6) is 0 Å². The van der Waals surface area contributed by atoms with Crippen molar-refractivity contribution in [2.45, 2.75) is 39.0 Å². The van der Waals surface area contributed by atoms with Crippen molar-refractivity contribution in [1.29, 1.82) is 0 Å². The van der Waals surface area contributed by atoms with E-state index in [9.17, 15) is 4.79 Å². The van der Waals surface area contributed by atoms with Crippen LogP contribution >= 0.6 is 0 Å². The first-order valence-electron chi connectivity index (χ1n) is 6.48. The fourth-order valence-corrected chi connectivity index (χ4v) is 2.41. The largest absolute Gasteiger partial charge is 0.369 e. The van der Waals surface area contributed by atoms with E-state index < -0.39 is 0 Å². The van der Waals surface area contributed by atoms with E-state index in [1.165, 1.54) is 0 Å². The van der Waals surface area contributed by atoms with Gasteiger partial charge in [-0.1, -0.05) is 5.21 Å². The van der Waals surface area contributed by atoms with Crippen LogP contribution in [0.2, 0.25) is 0 Å². The number of nitrogens with zero attached hydrogens (tertiary/aromatic N) is 4. The van der Waals surface area contributed by atoms with Gasteiger partial charge in [-0.3, -0.25) is 9.48 Å². The lowest BCUT2D eigenvalue weighted by atomic mass is 10.1. The number of carbonyl (C=O) groups is 1. The molecule has 0 bridgehead atoms. The highest BCUT2D eigenvalue weighted by Gasteiger charge is 2.34. The number of amides is 1. The van der Waals surface area contributed by atoms with Gasteiger partial charge >= 0.3 is 0 Å². The van der Waals surface area contributed by atoms with Gasteiger partial charge in [-0.15, -0.1) is 5.10 Å². The Kier molecular flexibility index (Phi) is 3.86. The van der Waals surface area contributed by atoms with Gasteiger partial charge in [0.25, 0.3) is 5.91 Å². The van der Waals surface area contributed by atoms with Gasteiger partial charge in [0.2, 0.25) is 0 Å². The van der Waals surface area contributed by atoms with Crippen molar-refractivity contribution >= 4 is 5.91 Å². The Bertz CT molecular complexity index is 457. The first kappa shape index (κ1) is 14.0. The molecular weight excluding hydrogens is 246 g/mol. The van der Waals surface area contributed by atoms with Crippen LogP contribution in [0.15, 0.2) is 6.20 Å². The van der Waals surface area contributed by atoms with Gasteiger partial charge in [0.15, 0.2) is 5.69 Å². The molecule has 1 atom stereocenters. The van der Waals surface area contributed by atoms with Gasteiger partial charge < -0.3 is 15.4 Å². The number of carbonyl (C=O) groups excluding carboxylic acids is 1. The van der Waals surface area contributed by atoms with Gasteiger partial charge in [0.05, 0.1) is 24.4 Å².